The molecule has 1 aromatic carbocycles. The Hall–Kier alpha value is -3.83. The van der Waals surface area contributed by atoms with E-state index in [-0.39, 0.29) is 11.9 Å². The summed E-state index contributed by atoms with van der Waals surface area (Å²) in [7, 11) is 1.99. The third kappa shape index (κ3) is 3.90. The number of rotatable bonds is 5. The standard InChI is InChI=1S/C24H22FN7/c1-31-14-16(20-9-17(25)4-7-22(20)31)15-32-8-2-3-23(32)21-12-29-24(13-28-21)30-19-6-5-18(10-26)27-11-19/h4-7,9,11-14,23H,2-3,8,15H2,1H3,(H,29,30). The zero-order valence-corrected chi connectivity index (χ0v) is 17.7. The number of hydrogen-bond donors (Lipinski definition) is 1. The number of anilines is 2. The minimum Gasteiger partial charge on any atom is -0.350 e. The Bertz CT molecular complexity index is 1290. The summed E-state index contributed by atoms with van der Waals surface area (Å²) < 4.78 is 15.9. The quantitative estimate of drug-likeness (QED) is 0.507. The Morgan fingerprint density at radius 2 is 2.06 bits per heavy atom. The number of aryl methyl sites for hydroxylation is 1. The van der Waals surface area contributed by atoms with Gasteiger partial charge in [-0.25, -0.2) is 14.4 Å². The summed E-state index contributed by atoms with van der Waals surface area (Å²) in [6.07, 6.45) is 9.31. The molecule has 4 heterocycles. The molecular formula is C24H22FN7. The summed E-state index contributed by atoms with van der Waals surface area (Å²) >= 11 is 0. The van der Waals surface area contributed by atoms with E-state index < -0.39 is 0 Å². The van der Waals surface area contributed by atoms with E-state index in [2.05, 4.69) is 31.4 Å². The lowest BCUT2D eigenvalue weighted by molar-refractivity contribution is 0.245. The SMILES string of the molecule is Cn1cc(CN2CCCC2c2cnc(Nc3ccc(C#N)nc3)cn2)c2cc(F)ccc21. The van der Waals surface area contributed by atoms with Gasteiger partial charge in [-0.3, -0.25) is 9.88 Å². The number of pyridine rings is 1. The van der Waals surface area contributed by atoms with E-state index in [1.165, 1.54) is 6.07 Å². The largest absolute Gasteiger partial charge is 0.350 e. The minimum absolute atomic E-state index is 0.178. The third-order valence-corrected chi connectivity index (χ3v) is 5.93. The van der Waals surface area contributed by atoms with Crippen molar-refractivity contribution in [2.45, 2.75) is 25.4 Å². The van der Waals surface area contributed by atoms with Crippen LogP contribution in [0.3, 0.4) is 0 Å². The van der Waals surface area contributed by atoms with Crippen LogP contribution in [0, 0.1) is 17.1 Å². The van der Waals surface area contributed by atoms with Gasteiger partial charge in [-0.05, 0) is 55.3 Å². The molecule has 0 aliphatic carbocycles. The minimum atomic E-state index is -0.214. The Morgan fingerprint density at radius 1 is 1.16 bits per heavy atom. The van der Waals surface area contributed by atoms with Gasteiger partial charge in [0, 0.05) is 30.7 Å². The molecular weight excluding hydrogens is 405 g/mol. The summed E-state index contributed by atoms with van der Waals surface area (Å²) in [5.41, 5.74) is 4.19. The highest BCUT2D eigenvalue weighted by Crippen LogP contribution is 2.34. The van der Waals surface area contributed by atoms with Gasteiger partial charge in [0.15, 0.2) is 0 Å². The highest BCUT2D eigenvalue weighted by atomic mass is 19.1. The monoisotopic (exact) mass is 427 g/mol. The second kappa shape index (κ2) is 8.36. The van der Waals surface area contributed by atoms with Crippen LogP contribution in [-0.4, -0.2) is 31.0 Å². The van der Waals surface area contributed by atoms with Crippen molar-refractivity contribution in [1.82, 2.24) is 24.4 Å². The Labute approximate surface area is 185 Å². The molecule has 1 aliphatic rings. The molecule has 1 atom stereocenters. The van der Waals surface area contributed by atoms with Gasteiger partial charge in [-0.1, -0.05) is 0 Å². The van der Waals surface area contributed by atoms with Gasteiger partial charge < -0.3 is 9.88 Å². The fraction of sp³-hybridized carbons (Fsp3) is 0.250. The maximum absolute atomic E-state index is 13.8. The lowest BCUT2D eigenvalue weighted by Crippen LogP contribution is -2.23. The van der Waals surface area contributed by atoms with Gasteiger partial charge in [0.2, 0.25) is 0 Å². The Balaban J connectivity index is 1.32. The predicted molar refractivity (Wildman–Crippen MR) is 120 cm³/mol. The van der Waals surface area contributed by atoms with Crippen LogP contribution < -0.4 is 5.32 Å². The van der Waals surface area contributed by atoms with E-state index in [9.17, 15) is 4.39 Å². The van der Waals surface area contributed by atoms with Crippen LogP contribution in [0.4, 0.5) is 15.9 Å². The molecule has 0 saturated carbocycles. The number of halogens is 1. The number of likely N-dealkylation sites (tertiary alicyclic amines) is 1. The second-order valence-corrected chi connectivity index (χ2v) is 8.05. The number of nitrogens with one attached hydrogen (secondary N) is 1. The van der Waals surface area contributed by atoms with Gasteiger partial charge in [0.25, 0.3) is 0 Å². The van der Waals surface area contributed by atoms with Gasteiger partial charge >= 0.3 is 0 Å². The van der Waals surface area contributed by atoms with Gasteiger partial charge in [-0.15, -0.1) is 0 Å². The van der Waals surface area contributed by atoms with Crippen molar-refractivity contribution < 1.29 is 4.39 Å². The van der Waals surface area contributed by atoms with Crippen molar-refractivity contribution in [3.63, 3.8) is 0 Å². The number of nitrogens with zero attached hydrogens (tertiary/aromatic N) is 6. The summed E-state index contributed by atoms with van der Waals surface area (Å²) in [5, 5.41) is 13.0. The van der Waals surface area contributed by atoms with E-state index in [0.29, 0.717) is 11.5 Å². The molecule has 0 bridgehead atoms. The molecule has 1 aliphatic heterocycles. The topological polar surface area (TPSA) is 82.7 Å². The maximum atomic E-state index is 13.8. The zero-order valence-electron chi connectivity index (χ0n) is 17.7. The van der Waals surface area contributed by atoms with Crippen LogP contribution >= 0.6 is 0 Å². The maximum Gasteiger partial charge on any atom is 0.148 e. The summed E-state index contributed by atoms with van der Waals surface area (Å²) in [5.74, 6) is 0.406. The summed E-state index contributed by atoms with van der Waals surface area (Å²) in [4.78, 5) is 15.6. The van der Waals surface area contributed by atoms with E-state index >= 15 is 0 Å². The van der Waals surface area contributed by atoms with E-state index in [1.807, 2.05) is 29.9 Å². The molecule has 160 valence electrons. The van der Waals surface area contributed by atoms with Gasteiger partial charge in [0.05, 0.1) is 36.0 Å². The van der Waals surface area contributed by atoms with E-state index in [0.717, 1.165) is 53.8 Å². The zero-order chi connectivity index (χ0) is 22.1. The third-order valence-electron chi connectivity index (χ3n) is 5.93. The van der Waals surface area contributed by atoms with Crippen LogP contribution in [0.25, 0.3) is 10.9 Å². The summed E-state index contributed by atoms with van der Waals surface area (Å²) in [6, 6.07) is 10.6. The molecule has 1 saturated heterocycles. The predicted octanol–water partition coefficient (Wildman–Crippen LogP) is 4.45. The highest BCUT2D eigenvalue weighted by molar-refractivity contribution is 5.84. The van der Waals surface area contributed by atoms with Gasteiger partial charge in [0.1, 0.15) is 23.4 Å². The molecule has 4 aromatic rings. The van der Waals surface area contributed by atoms with Crippen LogP contribution in [0.1, 0.15) is 35.8 Å². The number of fused-ring (bicyclic) bond motifs is 1. The van der Waals surface area contributed by atoms with Crippen LogP contribution in [-0.2, 0) is 13.6 Å². The first kappa shape index (κ1) is 20.1. The van der Waals surface area contributed by atoms with E-state index in [4.69, 9.17) is 5.26 Å². The first-order valence-corrected chi connectivity index (χ1v) is 10.5. The molecule has 0 radical (unpaired) electrons. The smallest absolute Gasteiger partial charge is 0.148 e. The normalized spacial score (nSPS) is 16.3. The average Bonchev–Trinajstić information content (AvgIpc) is 3.39. The fourth-order valence-electron chi connectivity index (χ4n) is 4.40. The molecule has 7 nitrogen and oxygen atoms in total. The molecule has 1 unspecified atom stereocenters. The highest BCUT2D eigenvalue weighted by Gasteiger charge is 2.28. The van der Waals surface area contributed by atoms with Crippen molar-refractivity contribution in [3.8, 4) is 6.07 Å². The number of benzene rings is 1. The lowest BCUT2D eigenvalue weighted by atomic mass is 10.1. The molecule has 5 rings (SSSR count). The fourth-order valence-corrected chi connectivity index (χ4v) is 4.40. The lowest BCUT2D eigenvalue weighted by Gasteiger charge is -2.23. The van der Waals surface area contributed by atoms with E-state index in [1.54, 1.807) is 30.6 Å². The number of nitriles is 1. The molecule has 1 fully saturated rings. The molecule has 8 heteroatoms. The molecule has 0 amide bonds. The van der Waals surface area contributed by atoms with Crippen molar-refractivity contribution in [2.75, 3.05) is 11.9 Å². The van der Waals surface area contributed by atoms with Crippen molar-refractivity contribution in [3.05, 3.63) is 77.9 Å². The van der Waals surface area contributed by atoms with Gasteiger partial charge in [-0.2, -0.15) is 5.26 Å². The van der Waals surface area contributed by atoms with Crippen LogP contribution in [0.2, 0.25) is 0 Å². The van der Waals surface area contributed by atoms with Crippen LogP contribution in [0.5, 0.6) is 0 Å². The van der Waals surface area contributed by atoms with Crippen molar-refractivity contribution >= 4 is 22.4 Å². The molecule has 0 spiro atoms. The first-order valence-electron chi connectivity index (χ1n) is 10.5. The molecule has 1 N–H and O–H groups in total. The second-order valence-electron chi connectivity index (χ2n) is 8.05. The van der Waals surface area contributed by atoms with Crippen LogP contribution in [0.15, 0.2) is 55.1 Å². The Morgan fingerprint density at radius 3 is 2.81 bits per heavy atom. The molecule has 3 aromatic heterocycles. The van der Waals surface area contributed by atoms with Crippen molar-refractivity contribution in [2.24, 2.45) is 7.05 Å². The number of aromatic nitrogens is 4. The summed E-state index contributed by atoms with van der Waals surface area (Å²) in [6.45, 7) is 1.71. The van der Waals surface area contributed by atoms with Crippen molar-refractivity contribution in [1.29, 1.82) is 5.26 Å². The number of hydrogen-bond acceptors (Lipinski definition) is 6. The average molecular weight is 427 g/mol. The first-order chi connectivity index (χ1) is 15.6. The Kier molecular flexibility index (Phi) is 5.25. The molecule has 32 heavy (non-hydrogen) atoms.